The van der Waals surface area contributed by atoms with Gasteiger partial charge < -0.3 is 10.2 Å². The molecule has 0 spiro atoms. The summed E-state index contributed by atoms with van der Waals surface area (Å²) in [7, 11) is 0. The molecule has 0 aromatic heterocycles. The number of carbonyl (C=O) groups excluding carboxylic acids is 1. The van der Waals surface area contributed by atoms with Gasteiger partial charge in [0.1, 0.15) is 5.78 Å². The van der Waals surface area contributed by atoms with Crippen molar-refractivity contribution in [3.05, 3.63) is 0 Å². The Morgan fingerprint density at radius 1 is 0.875 bits per heavy atom. The van der Waals surface area contributed by atoms with E-state index < -0.39 is 0 Å². The van der Waals surface area contributed by atoms with E-state index in [1.807, 2.05) is 0 Å². The average Bonchev–Trinajstić information content (AvgIpc) is 2.87. The Bertz CT molecular complexity index is 531. The van der Waals surface area contributed by atoms with Gasteiger partial charge in [-0.05, 0) is 92.8 Å². The molecule has 136 valence electrons. The Labute approximate surface area is 146 Å². The van der Waals surface area contributed by atoms with Crippen LogP contribution < -0.4 is 0 Å². The Morgan fingerprint density at radius 2 is 1.54 bits per heavy atom. The molecule has 0 bridgehead atoms. The van der Waals surface area contributed by atoms with E-state index >= 15 is 0 Å². The maximum absolute atomic E-state index is 12.2. The van der Waals surface area contributed by atoms with Gasteiger partial charge in [0.25, 0.3) is 0 Å². The number of aliphatic hydroxyl groups excluding tert-OH is 2. The van der Waals surface area contributed by atoms with Crippen LogP contribution >= 0.6 is 0 Å². The number of carbonyl (C=O) groups is 1. The van der Waals surface area contributed by atoms with Crippen molar-refractivity contribution in [1.29, 1.82) is 0 Å². The SMILES string of the molecule is CC(=O)[C@H]1CC[C@H]2[C@@H]3CC(O)C4CC(O)CC[C@]4(C)[C@H]3CC[C@]12C. The van der Waals surface area contributed by atoms with E-state index in [0.717, 1.165) is 38.5 Å². The molecule has 4 rings (SSSR count). The van der Waals surface area contributed by atoms with Crippen LogP contribution in [0, 0.1) is 40.4 Å². The van der Waals surface area contributed by atoms with Gasteiger partial charge >= 0.3 is 0 Å². The molecule has 3 heteroatoms. The van der Waals surface area contributed by atoms with Crippen LogP contribution in [0.1, 0.15) is 72.1 Å². The minimum absolute atomic E-state index is 0.157. The van der Waals surface area contributed by atoms with E-state index in [-0.39, 0.29) is 34.9 Å². The molecular formula is C21H34O3. The summed E-state index contributed by atoms with van der Waals surface area (Å²) in [6.07, 6.45) is 7.70. The van der Waals surface area contributed by atoms with Gasteiger partial charge in [-0.3, -0.25) is 4.79 Å². The maximum atomic E-state index is 12.2. The van der Waals surface area contributed by atoms with Crippen LogP contribution in [0.3, 0.4) is 0 Å². The van der Waals surface area contributed by atoms with Gasteiger partial charge in [0, 0.05) is 5.92 Å². The smallest absolute Gasteiger partial charge is 0.133 e. The number of aliphatic hydroxyl groups is 2. The van der Waals surface area contributed by atoms with E-state index in [4.69, 9.17) is 0 Å². The van der Waals surface area contributed by atoms with Gasteiger partial charge in [-0.2, -0.15) is 0 Å². The molecule has 4 aliphatic rings. The zero-order valence-electron chi connectivity index (χ0n) is 15.5. The molecule has 0 heterocycles. The summed E-state index contributed by atoms with van der Waals surface area (Å²) < 4.78 is 0. The van der Waals surface area contributed by atoms with E-state index in [0.29, 0.717) is 23.5 Å². The first-order valence-corrected chi connectivity index (χ1v) is 10.1. The monoisotopic (exact) mass is 334 g/mol. The Balaban J connectivity index is 1.65. The molecule has 3 unspecified atom stereocenters. The van der Waals surface area contributed by atoms with Crippen molar-refractivity contribution < 1.29 is 15.0 Å². The maximum Gasteiger partial charge on any atom is 0.133 e. The highest BCUT2D eigenvalue weighted by atomic mass is 16.3. The first kappa shape index (κ1) is 17.0. The number of rotatable bonds is 1. The van der Waals surface area contributed by atoms with Crippen LogP contribution in [-0.2, 0) is 4.79 Å². The zero-order valence-corrected chi connectivity index (χ0v) is 15.5. The lowest BCUT2D eigenvalue weighted by atomic mass is 9.44. The second-order valence-electron chi connectivity index (χ2n) is 10.0. The summed E-state index contributed by atoms with van der Waals surface area (Å²) >= 11 is 0. The second kappa shape index (κ2) is 5.54. The van der Waals surface area contributed by atoms with E-state index in [1.54, 1.807) is 6.92 Å². The standard InChI is InChI=1S/C21H34O3/c1-12(22)15-4-5-16-14-11-19(24)18-10-13(23)6-8-21(18,3)17(14)7-9-20(15,16)2/h13-19,23-24H,4-11H2,1-3H3/t13?,14-,15+,16-,17-,18?,19?,20+,21+/m0/s1. The third kappa shape index (κ3) is 2.19. The number of fused-ring (bicyclic) bond motifs is 5. The quantitative estimate of drug-likeness (QED) is 0.771. The molecule has 0 aromatic rings. The molecule has 0 aliphatic heterocycles. The van der Waals surface area contributed by atoms with Crippen LogP contribution in [0.2, 0.25) is 0 Å². The van der Waals surface area contributed by atoms with Gasteiger partial charge in [0.05, 0.1) is 12.2 Å². The van der Waals surface area contributed by atoms with E-state index in [2.05, 4.69) is 13.8 Å². The van der Waals surface area contributed by atoms with Crippen molar-refractivity contribution in [3.8, 4) is 0 Å². The van der Waals surface area contributed by atoms with Gasteiger partial charge in [0.15, 0.2) is 0 Å². The molecule has 4 aliphatic carbocycles. The van der Waals surface area contributed by atoms with Crippen LogP contribution in [0.25, 0.3) is 0 Å². The minimum Gasteiger partial charge on any atom is -0.393 e. The predicted octanol–water partition coefficient (Wildman–Crippen LogP) is 3.57. The average molecular weight is 335 g/mol. The van der Waals surface area contributed by atoms with Crippen molar-refractivity contribution in [1.82, 2.24) is 0 Å². The van der Waals surface area contributed by atoms with Crippen molar-refractivity contribution in [2.24, 2.45) is 40.4 Å². The number of hydrogen-bond donors (Lipinski definition) is 2. The molecule has 4 fully saturated rings. The Morgan fingerprint density at radius 3 is 2.25 bits per heavy atom. The van der Waals surface area contributed by atoms with Crippen molar-refractivity contribution in [2.45, 2.75) is 84.3 Å². The molecule has 0 radical (unpaired) electrons. The van der Waals surface area contributed by atoms with Crippen molar-refractivity contribution in [3.63, 3.8) is 0 Å². The van der Waals surface area contributed by atoms with Gasteiger partial charge in [0.2, 0.25) is 0 Å². The van der Waals surface area contributed by atoms with Crippen LogP contribution in [0.5, 0.6) is 0 Å². The summed E-state index contributed by atoms with van der Waals surface area (Å²) in [5, 5.41) is 21.0. The summed E-state index contributed by atoms with van der Waals surface area (Å²) in [5.41, 5.74) is 0.335. The van der Waals surface area contributed by atoms with Gasteiger partial charge in [-0.25, -0.2) is 0 Å². The molecule has 0 saturated heterocycles. The highest BCUT2D eigenvalue weighted by Crippen LogP contribution is 2.67. The first-order chi connectivity index (χ1) is 11.3. The fraction of sp³-hybridized carbons (Fsp3) is 0.952. The molecule has 0 aromatic carbocycles. The van der Waals surface area contributed by atoms with Crippen molar-refractivity contribution >= 4 is 5.78 Å². The molecular weight excluding hydrogens is 300 g/mol. The predicted molar refractivity (Wildman–Crippen MR) is 93.3 cm³/mol. The van der Waals surface area contributed by atoms with Crippen molar-refractivity contribution in [2.75, 3.05) is 0 Å². The lowest BCUT2D eigenvalue weighted by Crippen LogP contribution is -2.58. The Hall–Kier alpha value is -0.410. The first-order valence-electron chi connectivity index (χ1n) is 10.1. The third-order valence-corrected chi connectivity index (χ3v) is 9.14. The lowest BCUT2D eigenvalue weighted by Gasteiger charge is -2.62. The zero-order chi connectivity index (χ0) is 17.3. The van der Waals surface area contributed by atoms with E-state index in [1.165, 1.54) is 12.8 Å². The van der Waals surface area contributed by atoms with Gasteiger partial charge in [-0.15, -0.1) is 0 Å². The summed E-state index contributed by atoms with van der Waals surface area (Å²) in [6.45, 7) is 6.53. The lowest BCUT2D eigenvalue weighted by molar-refractivity contribution is -0.171. The molecule has 3 nitrogen and oxygen atoms in total. The fourth-order valence-electron chi connectivity index (χ4n) is 7.95. The molecule has 9 atom stereocenters. The number of hydrogen-bond acceptors (Lipinski definition) is 3. The highest BCUT2D eigenvalue weighted by molar-refractivity contribution is 5.79. The molecule has 0 amide bonds. The van der Waals surface area contributed by atoms with Crippen LogP contribution in [0.4, 0.5) is 0 Å². The largest absolute Gasteiger partial charge is 0.393 e. The normalized spacial score (nSPS) is 57.0. The van der Waals surface area contributed by atoms with Gasteiger partial charge in [-0.1, -0.05) is 13.8 Å². The van der Waals surface area contributed by atoms with Crippen LogP contribution in [-0.4, -0.2) is 28.2 Å². The summed E-state index contributed by atoms with van der Waals surface area (Å²) in [4.78, 5) is 12.2. The topological polar surface area (TPSA) is 57.5 Å². The second-order valence-corrected chi connectivity index (χ2v) is 10.0. The molecule has 2 N–H and O–H groups in total. The minimum atomic E-state index is -0.273. The summed E-state index contributed by atoms with van der Waals surface area (Å²) in [6, 6.07) is 0. The molecule has 4 saturated carbocycles. The number of ketones is 1. The highest BCUT2D eigenvalue weighted by Gasteiger charge is 2.62. The summed E-state index contributed by atoms with van der Waals surface area (Å²) in [5.74, 6) is 2.71. The van der Waals surface area contributed by atoms with E-state index in [9.17, 15) is 15.0 Å². The molecule has 24 heavy (non-hydrogen) atoms. The van der Waals surface area contributed by atoms with Crippen LogP contribution in [0.15, 0.2) is 0 Å². The number of Topliss-reactive ketones (excluding diaryl/α,β-unsaturated/α-hetero) is 1. The fourth-order valence-corrected chi connectivity index (χ4v) is 7.95. The Kier molecular flexibility index (Phi) is 3.93. The third-order valence-electron chi connectivity index (χ3n) is 9.14.